The van der Waals surface area contributed by atoms with Crippen molar-refractivity contribution in [2.45, 2.75) is 69.7 Å². The molecule has 7 nitrogen and oxygen atoms in total. The molecular weight excluding hydrogens is 412 g/mol. The lowest BCUT2D eigenvalue weighted by Crippen LogP contribution is -2.48. The molecule has 6 atom stereocenters. The van der Waals surface area contributed by atoms with Gasteiger partial charge in [0, 0.05) is 7.11 Å². The SMILES string of the molecule is CO[C@H]1O[C@H]([C@H](OCc2ccccc2)[C@H](CO)OCc2ccccc2)[C@@H]2OC(C)(C)O[C@H]12. The zero-order valence-electron chi connectivity index (χ0n) is 18.8. The van der Waals surface area contributed by atoms with Crippen molar-refractivity contribution >= 4 is 0 Å². The van der Waals surface area contributed by atoms with Gasteiger partial charge in [-0.2, -0.15) is 0 Å². The minimum Gasteiger partial charge on any atom is -0.394 e. The number of aliphatic hydroxyl groups is 1. The van der Waals surface area contributed by atoms with Crippen LogP contribution in [0.2, 0.25) is 0 Å². The molecular formula is C25H32O7. The molecule has 0 unspecified atom stereocenters. The predicted molar refractivity (Wildman–Crippen MR) is 117 cm³/mol. The highest BCUT2D eigenvalue weighted by Gasteiger charge is 2.58. The third-order valence-electron chi connectivity index (χ3n) is 5.74. The Balaban J connectivity index is 1.54. The lowest BCUT2D eigenvalue weighted by atomic mass is 10.0. The molecule has 2 heterocycles. The van der Waals surface area contributed by atoms with E-state index in [2.05, 4.69) is 0 Å². The van der Waals surface area contributed by atoms with Crippen molar-refractivity contribution in [3.8, 4) is 0 Å². The van der Waals surface area contributed by atoms with Crippen LogP contribution in [0.25, 0.3) is 0 Å². The van der Waals surface area contributed by atoms with E-state index in [1.165, 1.54) is 0 Å². The first kappa shape index (κ1) is 23.3. The predicted octanol–water partition coefficient (Wildman–Crippen LogP) is 3.04. The van der Waals surface area contributed by atoms with Gasteiger partial charge in [0.15, 0.2) is 12.1 Å². The number of hydrogen-bond donors (Lipinski definition) is 1. The minimum absolute atomic E-state index is 0.231. The van der Waals surface area contributed by atoms with Crippen LogP contribution in [-0.2, 0) is 41.6 Å². The number of benzene rings is 2. The molecule has 0 saturated carbocycles. The smallest absolute Gasteiger partial charge is 0.186 e. The van der Waals surface area contributed by atoms with E-state index in [4.69, 9.17) is 28.4 Å². The van der Waals surface area contributed by atoms with Gasteiger partial charge in [-0.05, 0) is 25.0 Å². The highest BCUT2D eigenvalue weighted by molar-refractivity contribution is 5.14. The number of aliphatic hydroxyl groups excluding tert-OH is 1. The van der Waals surface area contributed by atoms with Crippen LogP contribution in [0.3, 0.4) is 0 Å². The van der Waals surface area contributed by atoms with Gasteiger partial charge in [-0.3, -0.25) is 0 Å². The topological polar surface area (TPSA) is 75.6 Å². The van der Waals surface area contributed by atoms with E-state index in [-0.39, 0.29) is 6.61 Å². The highest BCUT2D eigenvalue weighted by Crippen LogP contribution is 2.41. The summed E-state index contributed by atoms with van der Waals surface area (Å²) in [5.41, 5.74) is 2.02. The van der Waals surface area contributed by atoms with E-state index < -0.39 is 42.6 Å². The quantitative estimate of drug-likeness (QED) is 0.604. The lowest BCUT2D eigenvalue weighted by molar-refractivity contribution is -0.251. The van der Waals surface area contributed by atoms with Gasteiger partial charge < -0.3 is 33.5 Å². The van der Waals surface area contributed by atoms with Crippen LogP contribution in [0.15, 0.2) is 60.7 Å². The van der Waals surface area contributed by atoms with Gasteiger partial charge in [0.1, 0.15) is 30.5 Å². The van der Waals surface area contributed by atoms with E-state index in [0.29, 0.717) is 13.2 Å². The molecule has 0 aromatic heterocycles. The van der Waals surface area contributed by atoms with Gasteiger partial charge in [-0.1, -0.05) is 60.7 Å². The second kappa shape index (κ2) is 10.4. The van der Waals surface area contributed by atoms with Gasteiger partial charge >= 0.3 is 0 Å². The molecule has 2 aromatic carbocycles. The van der Waals surface area contributed by atoms with Crippen molar-refractivity contribution in [1.82, 2.24) is 0 Å². The first-order valence-corrected chi connectivity index (χ1v) is 11.0. The second-order valence-electron chi connectivity index (χ2n) is 8.55. The fraction of sp³-hybridized carbons (Fsp3) is 0.520. The average Bonchev–Trinajstić information content (AvgIpc) is 3.30. The van der Waals surface area contributed by atoms with Crippen LogP contribution in [0.5, 0.6) is 0 Å². The molecule has 4 rings (SSSR count). The van der Waals surface area contributed by atoms with Crippen LogP contribution in [0.4, 0.5) is 0 Å². The fourth-order valence-corrected chi connectivity index (χ4v) is 4.25. The number of ether oxygens (including phenoxy) is 6. The summed E-state index contributed by atoms with van der Waals surface area (Å²) in [6, 6.07) is 19.7. The average molecular weight is 445 g/mol. The van der Waals surface area contributed by atoms with Crippen molar-refractivity contribution in [3.05, 3.63) is 71.8 Å². The van der Waals surface area contributed by atoms with Gasteiger partial charge in [0.25, 0.3) is 0 Å². The summed E-state index contributed by atoms with van der Waals surface area (Å²) in [4.78, 5) is 0. The Bertz CT molecular complexity index is 829. The maximum atomic E-state index is 10.2. The Hall–Kier alpha value is -1.84. The molecule has 0 spiro atoms. The Kier molecular flexibility index (Phi) is 7.58. The van der Waals surface area contributed by atoms with E-state index in [0.717, 1.165) is 11.1 Å². The van der Waals surface area contributed by atoms with Crippen molar-refractivity contribution in [1.29, 1.82) is 0 Å². The molecule has 0 bridgehead atoms. The first-order valence-electron chi connectivity index (χ1n) is 11.0. The Morgan fingerprint density at radius 1 is 0.875 bits per heavy atom. The Labute approximate surface area is 189 Å². The summed E-state index contributed by atoms with van der Waals surface area (Å²) in [5, 5.41) is 10.2. The highest BCUT2D eigenvalue weighted by atomic mass is 16.8. The molecule has 0 aliphatic carbocycles. The zero-order chi connectivity index (χ0) is 22.6. The second-order valence-corrected chi connectivity index (χ2v) is 8.55. The molecule has 0 amide bonds. The molecule has 7 heteroatoms. The van der Waals surface area contributed by atoms with E-state index in [9.17, 15) is 5.11 Å². The van der Waals surface area contributed by atoms with E-state index in [1.807, 2.05) is 74.5 Å². The molecule has 174 valence electrons. The molecule has 2 saturated heterocycles. The Morgan fingerprint density at radius 2 is 1.44 bits per heavy atom. The van der Waals surface area contributed by atoms with Gasteiger partial charge in [0.2, 0.25) is 0 Å². The fourth-order valence-electron chi connectivity index (χ4n) is 4.25. The standard InChI is InChI=1S/C25H32O7/c1-25(2)31-22-21(30-24(27-3)23(22)32-25)20(29-16-18-12-8-5-9-13-18)19(14-26)28-15-17-10-6-4-7-11-17/h4-13,19-24,26H,14-16H2,1-3H3/t19-,20+,21+,22-,23-,24-/m0/s1. The molecule has 32 heavy (non-hydrogen) atoms. The summed E-state index contributed by atoms with van der Waals surface area (Å²) >= 11 is 0. The normalized spacial score (nSPS) is 28.4. The van der Waals surface area contributed by atoms with Crippen LogP contribution >= 0.6 is 0 Å². The Morgan fingerprint density at radius 3 is 2.00 bits per heavy atom. The molecule has 2 aliphatic rings. The third kappa shape index (κ3) is 5.38. The summed E-state index contributed by atoms with van der Waals surface area (Å²) in [7, 11) is 1.58. The summed E-state index contributed by atoms with van der Waals surface area (Å²) in [6.45, 7) is 4.19. The number of rotatable bonds is 10. The zero-order valence-corrected chi connectivity index (χ0v) is 18.8. The maximum absolute atomic E-state index is 10.2. The van der Waals surface area contributed by atoms with Crippen LogP contribution in [-0.4, -0.2) is 61.4 Å². The number of hydrogen-bond acceptors (Lipinski definition) is 7. The van der Waals surface area contributed by atoms with Crippen molar-refractivity contribution < 1.29 is 33.5 Å². The van der Waals surface area contributed by atoms with Gasteiger partial charge in [-0.15, -0.1) is 0 Å². The first-order chi connectivity index (χ1) is 15.5. The van der Waals surface area contributed by atoms with Crippen molar-refractivity contribution in [2.75, 3.05) is 13.7 Å². The monoisotopic (exact) mass is 444 g/mol. The third-order valence-corrected chi connectivity index (χ3v) is 5.74. The summed E-state index contributed by atoms with van der Waals surface area (Å²) < 4.78 is 36.3. The number of fused-ring (bicyclic) bond motifs is 1. The molecule has 0 radical (unpaired) electrons. The van der Waals surface area contributed by atoms with Crippen LogP contribution in [0.1, 0.15) is 25.0 Å². The van der Waals surface area contributed by atoms with Crippen LogP contribution in [0, 0.1) is 0 Å². The summed E-state index contributed by atoms with van der Waals surface area (Å²) in [6.07, 6.45) is -3.17. The molecule has 2 fully saturated rings. The van der Waals surface area contributed by atoms with E-state index >= 15 is 0 Å². The minimum atomic E-state index is -0.766. The number of methoxy groups -OCH3 is 1. The molecule has 1 N–H and O–H groups in total. The maximum Gasteiger partial charge on any atom is 0.186 e. The van der Waals surface area contributed by atoms with Gasteiger partial charge in [-0.25, -0.2) is 0 Å². The van der Waals surface area contributed by atoms with Crippen molar-refractivity contribution in [3.63, 3.8) is 0 Å². The molecule has 2 aromatic rings. The van der Waals surface area contributed by atoms with Gasteiger partial charge in [0.05, 0.1) is 19.8 Å². The van der Waals surface area contributed by atoms with Crippen LogP contribution < -0.4 is 0 Å². The largest absolute Gasteiger partial charge is 0.394 e. The molecule has 2 aliphatic heterocycles. The van der Waals surface area contributed by atoms with Crippen molar-refractivity contribution in [2.24, 2.45) is 0 Å². The van der Waals surface area contributed by atoms with E-state index in [1.54, 1.807) is 7.11 Å². The lowest BCUT2D eigenvalue weighted by Gasteiger charge is -2.33. The summed E-state index contributed by atoms with van der Waals surface area (Å²) in [5.74, 6) is -0.766.